The fraction of sp³-hybridized carbons (Fsp3) is 0. The minimum absolute atomic E-state index is 0.481. The first-order valence-corrected chi connectivity index (χ1v) is 6.97. The van der Waals surface area contributed by atoms with E-state index in [4.69, 9.17) is 16.0 Å². The molecule has 19 heavy (non-hydrogen) atoms. The minimum Gasteiger partial charge on any atom is -0.455 e. The minimum atomic E-state index is 0.481. The molecule has 0 aliphatic rings. The highest BCUT2D eigenvalue weighted by Gasteiger charge is 2.14. The van der Waals surface area contributed by atoms with E-state index in [0.29, 0.717) is 5.15 Å². The number of hydrogen-bond acceptors (Lipinski definition) is 2. The predicted octanol–water partition coefficient (Wildman–Crippen LogP) is 5.55. The number of hydrogen-bond donors (Lipinski definition) is 0. The van der Waals surface area contributed by atoms with Gasteiger partial charge in [0.15, 0.2) is 0 Å². The summed E-state index contributed by atoms with van der Waals surface area (Å²) < 4.78 is 6.95. The molecule has 0 bridgehead atoms. The lowest BCUT2D eigenvalue weighted by molar-refractivity contribution is 0.672. The molecule has 0 aliphatic heterocycles. The Balaban J connectivity index is 2.35. The Morgan fingerprint density at radius 2 is 1.89 bits per heavy atom. The van der Waals surface area contributed by atoms with Crippen LogP contribution < -0.4 is 0 Å². The second-order valence-corrected chi connectivity index (χ2v) is 5.64. The zero-order valence-corrected chi connectivity index (χ0v) is 12.0. The lowest BCUT2D eigenvalue weighted by Gasteiger charge is -2.01. The van der Waals surface area contributed by atoms with Gasteiger partial charge in [-0.25, -0.2) is 4.98 Å². The zero-order valence-electron chi connectivity index (χ0n) is 9.65. The first-order chi connectivity index (χ1) is 9.24. The molecule has 0 fully saturated rings. The van der Waals surface area contributed by atoms with Crippen molar-refractivity contribution in [1.29, 1.82) is 0 Å². The number of benzene rings is 2. The van der Waals surface area contributed by atoms with Crippen LogP contribution in [0, 0.1) is 0 Å². The number of rotatable bonds is 0. The summed E-state index contributed by atoms with van der Waals surface area (Å²) in [5.74, 6) is 0. The Bertz CT molecular complexity index is 945. The molecule has 0 atom stereocenters. The van der Waals surface area contributed by atoms with E-state index in [9.17, 15) is 0 Å². The number of nitrogens with zero attached hydrogens (tertiary/aromatic N) is 1. The van der Waals surface area contributed by atoms with Crippen molar-refractivity contribution in [2.75, 3.05) is 0 Å². The van der Waals surface area contributed by atoms with Gasteiger partial charge in [-0.15, -0.1) is 0 Å². The summed E-state index contributed by atoms with van der Waals surface area (Å²) in [6.45, 7) is 0. The van der Waals surface area contributed by atoms with Gasteiger partial charge < -0.3 is 4.42 Å². The maximum absolute atomic E-state index is 6.31. The molecule has 0 saturated heterocycles. The van der Waals surface area contributed by atoms with Crippen LogP contribution in [0.4, 0.5) is 0 Å². The molecule has 4 heteroatoms. The van der Waals surface area contributed by atoms with Crippen molar-refractivity contribution >= 4 is 60.4 Å². The molecule has 0 N–H and O–H groups in total. The third-order valence-electron chi connectivity index (χ3n) is 3.22. The molecular formula is C15H7BrClNO. The molecule has 2 heterocycles. The van der Waals surface area contributed by atoms with Crippen molar-refractivity contribution < 1.29 is 4.42 Å². The largest absolute Gasteiger partial charge is 0.455 e. The van der Waals surface area contributed by atoms with E-state index < -0.39 is 0 Å². The van der Waals surface area contributed by atoms with Crippen LogP contribution in [0.3, 0.4) is 0 Å². The topological polar surface area (TPSA) is 26.0 Å². The molecule has 0 spiro atoms. The standard InChI is InChI=1S/C15H7BrClNO/c16-8-5-6-11-10(7-8)14-13(15(17)18-11)9-3-1-2-4-12(9)19-14/h1-7H. The molecule has 2 aromatic carbocycles. The molecule has 2 aromatic heterocycles. The van der Waals surface area contributed by atoms with Gasteiger partial charge in [0.05, 0.1) is 10.9 Å². The smallest absolute Gasteiger partial charge is 0.147 e. The van der Waals surface area contributed by atoms with Crippen molar-refractivity contribution in [2.45, 2.75) is 0 Å². The summed E-state index contributed by atoms with van der Waals surface area (Å²) in [7, 11) is 0. The van der Waals surface area contributed by atoms with E-state index in [2.05, 4.69) is 20.9 Å². The average molecular weight is 333 g/mol. The van der Waals surface area contributed by atoms with Crippen LogP contribution in [0.1, 0.15) is 0 Å². The van der Waals surface area contributed by atoms with Crippen molar-refractivity contribution in [3.63, 3.8) is 0 Å². The number of furan rings is 1. The van der Waals surface area contributed by atoms with E-state index in [1.54, 1.807) is 0 Å². The maximum Gasteiger partial charge on any atom is 0.147 e. The molecule has 0 aliphatic carbocycles. The van der Waals surface area contributed by atoms with Gasteiger partial charge in [0.25, 0.3) is 0 Å². The summed E-state index contributed by atoms with van der Waals surface area (Å²) in [5.41, 5.74) is 2.45. The van der Waals surface area contributed by atoms with E-state index in [1.165, 1.54) is 0 Å². The molecule has 0 saturated carbocycles. The number of pyridine rings is 1. The Morgan fingerprint density at radius 1 is 1.05 bits per heavy atom. The predicted molar refractivity (Wildman–Crippen MR) is 81.7 cm³/mol. The molecule has 0 radical (unpaired) electrons. The third kappa shape index (κ3) is 1.58. The second-order valence-electron chi connectivity index (χ2n) is 4.37. The summed E-state index contributed by atoms with van der Waals surface area (Å²) in [4.78, 5) is 4.45. The summed E-state index contributed by atoms with van der Waals surface area (Å²) >= 11 is 9.79. The lowest BCUT2D eigenvalue weighted by atomic mass is 10.1. The van der Waals surface area contributed by atoms with Crippen LogP contribution >= 0.6 is 27.5 Å². The monoisotopic (exact) mass is 331 g/mol. The van der Waals surface area contributed by atoms with Crippen LogP contribution in [0.15, 0.2) is 51.4 Å². The van der Waals surface area contributed by atoms with Gasteiger partial charge in [-0.3, -0.25) is 0 Å². The van der Waals surface area contributed by atoms with Crippen molar-refractivity contribution in [2.24, 2.45) is 0 Å². The van der Waals surface area contributed by atoms with E-state index in [1.807, 2.05) is 42.5 Å². The number of fused-ring (bicyclic) bond motifs is 5. The lowest BCUT2D eigenvalue weighted by Crippen LogP contribution is -1.82. The summed E-state index contributed by atoms with van der Waals surface area (Å²) in [5, 5.41) is 3.32. The van der Waals surface area contributed by atoms with Gasteiger partial charge in [-0.1, -0.05) is 45.7 Å². The molecule has 2 nitrogen and oxygen atoms in total. The van der Waals surface area contributed by atoms with Gasteiger partial charge in [0.2, 0.25) is 0 Å². The first-order valence-electron chi connectivity index (χ1n) is 5.80. The average Bonchev–Trinajstić information content (AvgIpc) is 2.80. The third-order valence-corrected chi connectivity index (χ3v) is 3.99. The van der Waals surface area contributed by atoms with Crippen LogP contribution in [0.25, 0.3) is 32.8 Å². The van der Waals surface area contributed by atoms with Gasteiger partial charge in [-0.05, 0) is 24.3 Å². The SMILES string of the molecule is Clc1nc2ccc(Br)cc2c2oc3ccccc3c12. The molecule has 4 rings (SSSR count). The zero-order chi connectivity index (χ0) is 13.0. The maximum atomic E-state index is 6.31. The molecule has 0 amide bonds. The Labute approximate surface area is 122 Å². The van der Waals surface area contributed by atoms with Crippen molar-refractivity contribution in [3.05, 3.63) is 52.1 Å². The highest BCUT2D eigenvalue weighted by atomic mass is 79.9. The van der Waals surface area contributed by atoms with Gasteiger partial charge in [-0.2, -0.15) is 0 Å². The van der Waals surface area contributed by atoms with Crippen molar-refractivity contribution in [3.8, 4) is 0 Å². The van der Waals surface area contributed by atoms with Gasteiger partial charge in [0, 0.05) is 15.2 Å². The summed E-state index contributed by atoms with van der Waals surface area (Å²) in [6, 6.07) is 13.7. The quantitative estimate of drug-likeness (QED) is 0.395. The molecule has 92 valence electrons. The highest BCUT2D eigenvalue weighted by Crippen LogP contribution is 2.37. The highest BCUT2D eigenvalue weighted by molar-refractivity contribution is 9.10. The number of para-hydroxylation sites is 1. The van der Waals surface area contributed by atoms with Crippen molar-refractivity contribution in [1.82, 2.24) is 4.98 Å². The Morgan fingerprint density at radius 3 is 2.79 bits per heavy atom. The normalized spacial score (nSPS) is 11.7. The van der Waals surface area contributed by atoms with Gasteiger partial charge >= 0.3 is 0 Å². The van der Waals surface area contributed by atoms with Gasteiger partial charge in [0.1, 0.15) is 16.3 Å². The number of halogens is 2. The van der Waals surface area contributed by atoms with Crippen LogP contribution in [0.5, 0.6) is 0 Å². The van der Waals surface area contributed by atoms with E-state index in [-0.39, 0.29) is 0 Å². The fourth-order valence-corrected chi connectivity index (χ4v) is 3.03. The fourth-order valence-electron chi connectivity index (χ4n) is 2.39. The Kier molecular flexibility index (Phi) is 2.34. The van der Waals surface area contributed by atoms with Crippen LogP contribution in [0.2, 0.25) is 5.15 Å². The second kappa shape index (κ2) is 3.95. The molecule has 0 unspecified atom stereocenters. The first kappa shape index (κ1) is 11.3. The number of aromatic nitrogens is 1. The molecular weight excluding hydrogens is 326 g/mol. The van der Waals surface area contributed by atoms with Crippen LogP contribution in [-0.2, 0) is 0 Å². The summed E-state index contributed by atoms with van der Waals surface area (Å²) in [6.07, 6.45) is 0. The molecule has 4 aromatic rings. The Hall–Kier alpha value is -1.58. The van der Waals surface area contributed by atoms with Crippen LogP contribution in [-0.4, -0.2) is 4.98 Å². The van der Waals surface area contributed by atoms with E-state index in [0.717, 1.165) is 37.3 Å². The van der Waals surface area contributed by atoms with E-state index >= 15 is 0 Å².